The molecule has 0 aromatic carbocycles. The second-order valence-electron chi connectivity index (χ2n) is 2.69. The number of hydrogen-bond acceptors (Lipinski definition) is 4. The fourth-order valence-electron chi connectivity index (χ4n) is 1.10. The van der Waals surface area contributed by atoms with E-state index in [9.17, 15) is 4.79 Å². The molecule has 2 aromatic rings. The molecule has 0 unspecified atom stereocenters. The highest BCUT2D eigenvalue weighted by atomic mass is 16.5. The van der Waals surface area contributed by atoms with E-state index in [1.165, 1.54) is 7.11 Å². The molecule has 2 rings (SSSR count). The monoisotopic (exact) mass is 201 g/mol. The summed E-state index contributed by atoms with van der Waals surface area (Å²) in [5.74, 6) is 4.43. The third-order valence-electron chi connectivity index (χ3n) is 1.80. The topological polar surface area (TPSA) is 56.5 Å². The van der Waals surface area contributed by atoms with Crippen molar-refractivity contribution in [3.05, 3.63) is 30.5 Å². The van der Waals surface area contributed by atoms with E-state index in [0.29, 0.717) is 11.3 Å². The lowest BCUT2D eigenvalue weighted by atomic mass is 10.4. The Hall–Kier alpha value is -2.35. The number of methoxy groups -OCH3 is 1. The van der Waals surface area contributed by atoms with Crippen molar-refractivity contribution in [2.24, 2.45) is 0 Å². The van der Waals surface area contributed by atoms with Crippen LogP contribution >= 0.6 is 0 Å². The van der Waals surface area contributed by atoms with Crippen molar-refractivity contribution in [2.45, 2.75) is 0 Å². The molecule has 74 valence electrons. The molecule has 0 saturated heterocycles. The molecule has 0 atom stereocenters. The Morgan fingerprint density at radius 2 is 2.40 bits per heavy atom. The maximum Gasteiger partial charge on any atom is 0.384 e. The van der Waals surface area contributed by atoms with Gasteiger partial charge in [0, 0.05) is 18.3 Å². The Morgan fingerprint density at radius 1 is 1.53 bits per heavy atom. The summed E-state index contributed by atoms with van der Waals surface area (Å²) in [6.07, 6.45) is 6.54. The number of fused-ring (bicyclic) bond motifs is 1. The highest BCUT2D eigenvalue weighted by molar-refractivity contribution is 5.88. The second kappa shape index (κ2) is 3.80. The normalized spacial score (nSPS) is 9.40. The van der Waals surface area contributed by atoms with Crippen LogP contribution in [0.25, 0.3) is 5.65 Å². The van der Waals surface area contributed by atoms with E-state index in [4.69, 9.17) is 0 Å². The molecular formula is C10H7N3O2. The van der Waals surface area contributed by atoms with Gasteiger partial charge in [0.15, 0.2) is 5.65 Å². The first kappa shape index (κ1) is 9.21. The fourth-order valence-corrected chi connectivity index (χ4v) is 1.10. The Kier molecular flexibility index (Phi) is 2.33. The highest BCUT2D eigenvalue weighted by Crippen LogP contribution is 2.02. The van der Waals surface area contributed by atoms with Gasteiger partial charge >= 0.3 is 5.97 Å². The molecule has 15 heavy (non-hydrogen) atoms. The van der Waals surface area contributed by atoms with Crippen molar-refractivity contribution in [1.82, 2.24) is 14.4 Å². The summed E-state index contributed by atoms with van der Waals surface area (Å²) < 4.78 is 6.15. The van der Waals surface area contributed by atoms with Crippen molar-refractivity contribution in [3.8, 4) is 11.8 Å². The quantitative estimate of drug-likeness (QED) is 0.453. The summed E-state index contributed by atoms with van der Waals surface area (Å²) in [5, 5.41) is 0. The van der Waals surface area contributed by atoms with E-state index in [-0.39, 0.29) is 0 Å². The summed E-state index contributed by atoms with van der Waals surface area (Å²) in [4.78, 5) is 18.8. The van der Waals surface area contributed by atoms with Crippen molar-refractivity contribution < 1.29 is 9.53 Å². The van der Waals surface area contributed by atoms with Crippen LogP contribution in [0.2, 0.25) is 0 Å². The van der Waals surface area contributed by atoms with E-state index in [2.05, 4.69) is 26.5 Å². The lowest BCUT2D eigenvalue weighted by Gasteiger charge is -1.91. The number of ether oxygens (including phenoxy) is 1. The average Bonchev–Trinajstić information content (AvgIpc) is 2.69. The van der Waals surface area contributed by atoms with Gasteiger partial charge in [0.25, 0.3) is 0 Å². The molecule has 0 N–H and O–H groups in total. The van der Waals surface area contributed by atoms with Crippen LogP contribution in [0.3, 0.4) is 0 Å². The largest absolute Gasteiger partial charge is 0.459 e. The zero-order valence-electron chi connectivity index (χ0n) is 7.97. The number of carbonyl (C=O) groups excluding carboxylic acids is 1. The Bertz CT molecular complexity index is 563. The van der Waals surface area contributed by atoms with Crippen LogP contribution in [-0.4, -0.2) is 27.4 Å². The molecule has 0 amide bonds. The van der Waals surface area contributed by atoms with Crippen molar-refractivity contribution >= 4 is 11.6 Å². The molecule has 5 nitrogen and oxygen atoms in total. The van der Waals surface area contributed by atoms with Crippen LogP contribution in [0.5, 0.6) is 0 Å². The summed E-state index contributed by atoms with van der Waals surface area (Å²) in [5.41, 5.74) is 1.31. The third kappa shape index (κ3) is 1.79. The Balaban J connectivity index is 2.43. The maximum absolute atomic E-state index is 10.8. The zero-order valence-corrected chi connectivity index (χ0v) is 7.97. The predicted octanol–water partition coefficient (Wildman–Crippen LogP) is 0.254. The van der Waals surface area contributed by atoms with Crippen LogP contribution in [0.4, 0.5) is 0 Å². The zero-order chi connectivity index (χ0) is 10.7. The number of rotatable bonds is 0. The van der Waals surface area contributed by atoms with Gasteiger partial charge in [-0.25, -0.2) is 9.78 Å². The Morgan fingerprint density at radius 3 is 3.20 bits per heavy atom. The second-order valence-corrected chi connectivity index (χ2v) is 2.69. The molecule has 0 saturated carbocycles. The van der Waals surface area contributed by atoms with Crippen LogP contribution in [-0.2, 0) is 9.53 Å². The van der Waals surface area contributed by atoms with E-state index >= 15 is 0 Å². The van der Waals surface area contributed by atoms with Gasteiger partial charge in [0.1, 0.15) is 5.69 Å². The molecule has 2 heterocycles. The van der Waals surface area contributed by atoms with Gasteiger partial charge in [-0.05, 0) is 5.92 Å². The van der Waals surface area contributed by atoms with Crippen LogP contribution < -0.4 is 0 Å². The minimum Gasteiger partial charge on any atom is -0.459 e. The summed E-state index contributed by atoms with van der Waals surface area (Å²) in [7, 11) is 1.29. The van der Waals surface area contributed by atoms with Crippen LogP contribution in [0.15, 0.2) is 24.8 Å². The number of carbonyl (C=O) groups is 1. The molecular weight excluding hydrogens is 194 g/mol. The van der Waals surface area contributed by atoms with Crippen molar-refractivity contribution in [1.29, 1.82) is 0 Å². The third-order valence-corrected chi connectivity index (χ3v) is 1.80. The SMILES string of the molecule is COC(=O)C#Cc1cnc2cnccn12. The molecule has 0 aliphatic heterocycles. The summed E-state index contributed by atoms with van der Waals surface area (Å²) in [6, 6.07) is 0. The van der Waals surface area contributed by atoms with Crippen molar-refractivity contribution in [3.63, 3.8) is 0 Å². The number of esters is 1. The van der Waals surface area contributed by atoms with Crippen molar-refractivity contribution in [2.75, 3.05) is 7.11 Å². The lowest BCUT2D eigenvalue weighted by molar-refractivity contribution is -0.133. The summed E-state index contributed by atoms with van der Waals surface area (Å²) in [6.45, 7) is 0. The van der Waals surface area contributed by atoms with Gasteiger partial charge < -0.3 is 4.74 Å². The minimum absolute atomic E-state index is 0.570. The molecule has 0 fully saturated rings. The van der Waals surface area contributed by atoms with Crippen LogP contribution in [0.1, 0.15) is 5.69 Å². The van der Waals surface area contributed by atoms with E-state index < -0.39 is 5.97 Å². The molecule has 2 aromatic heterocycles. The molecule has 0 radical (unpaired) electrons. The van der Waals surface area contributed by atoms with Gasteiger partial charge in [-0.15, -0.1) is 0 Å². The first-order valence-corrected chi connectivity index (χ1v) is 4.18. The van der Waals surface area contributed by atoms with Crippen LogP contribution in [0, 0.1) is 11.8 Å². The highest BCUT2D eigenvalue weighted by Gasteiger charge is 1.99. The first-order chi connectivity index (χ1) is 7.31. The predicted molar refractivity (Wildman–Crippen MR) is 51.9 cm³/mol. The number of nitrogens with zero attached hydrogens (tertiary/aromatic N) is 3. The van der Waals surface area contributed by atoms with Gasteiger partial charge in [0.05, 0.1) is 19.5 Å². The fraction of sp³-hybridized carbons (Fsp3) is 0.100. The van der Waals surface area contributed by atoms with Gasteiger partial charge in [-0.3, -0.25) is 9.38 Å². The molecule has 5 heteroatoms. The summed E-state index contributed by atoms with van der Waals surface area (Å²) >= 11 is 0. The minimum atomic E-state index is -0.570. The average molecular weight is 201 g/mol. The number of aromatic nitrogens is 3. The van der Waals surface area contributed by atoms with E-state index in [1.54, 1.807) is 29.2 Å². The van der Waals surface area contributed by atoms with E-state index in [1.807, 2.05) is 0 Å². The maximum atomic E-state index is 10.8. The molecule has 0 aliphatic rings. The molecule has 0 spiro atoms. The van der Waals surface area contributed by atoms with Gasteiger partial charge in [-0.2, -0.15) is 0 Å². The van der Waals surface area contributed by atoms with Gasteiger partial charge in [0.2, 0.25) is 0 Å². The number of hydrogen-bond donors (Lipinski definition) is 0. The van der Waals surface area contributed by atoms with Gasteiger partial charge in [-0.1, -0.05) is 0 Å². The first-order valence-electron chi connectivity index (χ1n) is 4.18. The molecule has 0 aliphatic carbocycles. The standard InChI is InChI=1S/C10H7N3O2/c1-15-10(14)3-2-8-6-12-9-7-11-4-5-13(8)9/h4-7H,1H3. The number of imidazole rings is 1. The lowest BCUT2D eigenvalue weighted by Crippen LogP contribution is -1.95. The van der Waals surface area contributed by atoms with E-state index in [0.717, 1.165) is 0 Å². The Labute approximate surface area is 85.7 Å². The molecule has 0 bridgehead atoms. The smallest absolute Gasteiger partial charge is 0.384 e.